The van der Waals surface area contributed by atoms with Crippen molar-refractivity contribution in [1.82, 2.24) is 15.2 Å². The van der Waals surface area contributed by atoms with Gasteiger partial charge in [0.05, 0.1) is 11.1 Å². The lowest BCUT2D eigenvalue weighted by atomic mass is 10.1. The van der Waals surface area contributed by atoms with Crippen LogP contribution < -0.4 is 5.32 Å². The number of likely N-dealkylation sites (N-methyl/N-ethyl adjacent to an activating group) is 1. The van der Waals surface area contributed by atoms with Crippen molar-refractivity contribution in [1.29, 1.82) is 0 Å². The molecule has 0 fully saturated rings. The summed E-state index contributed by atoms with van der Waals surface area (Å²) in [5.74, 6) is -0.0684. The topological polar surface area (TPSA) is 45.2 Å². The molecule has 0 atom stereocenters. The van der Waals surface area contributed by atoms with Crippen molar-refractivity contribution in [2.24, 2.45) is 0 Å². The zero-order chi connectivity index (χ0) is 13.0. The third-order valence-electron chi connectivity index (χ3n) is 2.72. The van der Waals surface area contributed by atoms with E-state index in [0.717, 1.165) is 17.4 Å². The Morgan fingerprint density at radius 2 is 2.00 bits per heavy atom. The van der Waals surface area contributed by atoms with Crippen LogP contribution in [-0.4, -0.2) is 43.0 Å². The van der Waals surface area contributed by atoms with Gasteiger partial charge in [0.1, 0.15) is 0 Å². The molecule has 19 heavy (non-hydrogen) atoms. The number of hydrogen-bond donors (Lipinski definition) is 1. The lowest BCUT2D eigenvalue weighted by molar-refractivity contribution is 0.0952. The van der Waals surface area contributed by atoms with Crippen molar-refractivity contribution in [3.05, 3.63) is 42.1 Å². The van der Waals surface area contributed by atoms with Crippen LogP contribution in [0.4, 0.5) is 0 Å². The number of rotatable bonds is 4. The van der Waals surface area contributed by atoms with E-state index in [2.05, 4.69) is 10.3 Å². The normalized spacial score (nSPS) is 10.3. The first-order valence-electron chi connectivity index (χ1n) is 5.95. The van der Waals surface area contributed by atoms with E-state index in [1.54, 1.807) is 12.3 Å². The van der Waals surface area contributed by atoms with Crippen molar-refractivity contribution in [2.45, 2.75) is 0 Å². The van der Waals surface area contributed by atoms with Crippen LogP contribution in [0.3, 0.4) is 0 Å². The molecule has 1 N–H and O–H groups in total. The first-order valence-corrected chi connectivity index (χ1v) is 5.95. The molecule has 2 aromatic rings. The number of carbonyl (C=O) groups excluding carboxylic acids is 1. The summed E-state index contributed by atoms with van der Waals surface area (Å²) in [6, 6.07) is 9.47. The monoisotopic (exact) mass is 279 g/mol. The van der Waals surface area contributed by atoms with Gasteiger partial charge in [0, 0.05) is 24.7 Å². The smallest absolute Gasteiger partial charge is 0.253 e. The van der Waals surface area contributed by atoms with Crippen LogP contribution in [-0.2, 0) is 0 Å². The minimum Gasteiger partial charge on any atom is -0.351 e. The Hall–Kier alpha value is -1.65. The summed E-state index contributed by atoms with van der Waals surface area (Å²) in [6.45, 7) is 1.46. The molecule has 4 nitrogen and oxygen atoms in total. The quantitative estimate of drug-likeness (QED) is 0.930. The second kappa shape index (κ2) is 7.07. The van der Waals surface area contributed by atoms with Gasteiger partial charge in [-0.15, -0.1) is 12.4 Å². The maximum Gasteiger partial charge on any atom is 0.253 e. The highest BCUT2D eigenvalue weighted by molar-refractivity contribution is 6.05. The van der Waals surface area contributed by atoms with Crippen LogP contribution in [0.25, 0.3) is 10.9 Å². The largest absolute Gasteiger partial charge is 0.351 e. The molecule has 1 aromatic heterocycles. The van der Waals surface area contributed by atoms with E-state index in [1.807, 2.05) is 43.3 Å². The minimum atomic E-state index is -0.0684. The fraction of sp³-hybridized carbons (Fsp3) is 0.286. The zero-order valence-corrected chi connectivity index (χ0v) is 11.9. The Bertz CT molecular complexity index is 552. The predicted molar refractivity (Wildman–Crippen MR) is 79.9 cm³/mol. The third kappa shape index (κ3) is 3.91. The van der Waals surface area contributed by atoms with Gasteiger partial charge in [-0.1, -0.05) is 18.2 Å². The molecular weight excluding hydrogens is 262 g/mol. The number of pyridine rings is 1. The van der Waals surface area contributed by atoms with Crippen LogP contribution >= 0.6 is 12.4 Å². The number of nitrogens with zero attached hydrogens (tertiary/aromatic N) is 2. The Balaban J connectivity index is 0.00000180. The molecule has 0 bridgehead atoms. The average Bonchev–Trinajstić information content (AvgIpc) is 2.37. The van der Waals surface area contributed by atoms with Crippen LogP contribution in [0.15, 0.2) is 36.5 Å². The molecule has 1 amide bonds. The van der Waals surface area contributed by atoms with Crippen molar-refractivity contribution < 1.29 is 4.79 Å². The van der Waals surface area contributed by atoms with E-state index >= 15 is 0 Å². The van der Waals surface area contributed by atoms with Gasteiger partial charge in [-0.05, 0) is 26.2 Å². The number of amides is 1. The van der Waals surface area contributed by atoms with E-state index in [-0.39, 0.29) is 18.3 Å². The van der Waals surface area contributed by atoms with Gasteiger partial charge in [-0.3, -0.25) is 9.78 Å². The molecule has 5 heteroatoms. The number of carbonyl (C=O) groups is 1. The molecule has 2 rings (SSSR count). The summed E-state index contributed by atoms with van der Waals surface area (Å²) in [5, 5.41) is 3.89. The highest BCUT2D eigenvalue weighted by Gasteiger charge is 2.09. The predicted octanol–water partition coefficient (Wildman–Crippen LogP) is 1.95. The zero-order valence-electron chi connectivity index (χ0n) is 11.1. The van der Waals surface area contributed by atoms with Crippen molar-refractivity contribution in [2.75, 3.05) is 27.2 Å². The Labute approximate surface area is 119 Å². The van der Waals surface area contributed by atoms with E-state index in [4.69, 9.17) is 0 Å². The third-order valence-corrected chi connectivity index (χ3v) is 2.72. The van der Waals surface area contributed by atoms with Crippen LogP contribution in [0.2, 0.25) is 0 Å². The van der Waals surface area contributed by atoms with E-state index in [1.165, 1.54) is 0 Å². The number of halogens is 1. The highest BCUT2D eigenvalue weighted by Crippen LogP contribution is 2.15. The number of fused-ring (bicyclic) bond motifs is 1. The summed E-state index contributed by atoms with van der Waals surface area (Å²) in [4.78, 5) is 18.4. The number of para-hydroxylation sites is 1. The molecule has 0 unspecified atom stereocenters. The lowest BCUT2D eigenvalue weighted by Gasteiger charge is -2.11. The van der Waals surface area contributed by atoms with Gasteiger partial charge in [-0.25, -0.2) is 0 Å². The summed E-state index contributed by atoms with van der Waals surface area (Å²) >= 11 is 0. The van der Waals surface area contributed by atoms with Gasteiger partial charge >= 0.3 is 0 Å². The van der Waals surface area contributed by atoms with E-state index in [9.17, 15) is 4.79 Å². The molecular formula is C14H18ClN3O. The standard InChI is InChI=1S/C14H17N3O.ClH/c1-17(2)10-9-16-14(18)12-7-3-5-11-6-4-8-15-13(11)12;/h3-8H,9-10H2,1-2H3,(H,16,18);1H. The molecule has 102 valence electrons. The van der Waals surface area contributed by atoms with Gasteiger partial charge in [0.2, 0.25) is 0 Å². The fourth-order valence-electron chi connectivity index (χ4n) is 1.78. The molecule has 0 aliphatic rings. The van der Waals surface area contributed by atoms with Crippen LogP contribution in [0, 0.1) is 0 Å². The number of nitrogens with one attached hydrogen (secondary N) is 1. The summed E-state index contributed by atoms with van der Waals surface area (Å²) in [5.41, 5.74) is 1.38. The molecule has 0 aliphatic heterocycles. The van der Waals surface area contributed by atoms with Crippen LogP contribution in [0.1, 0.15) is 10.4 Å². The van der Waals surface area contributed by atoms with Crippen molar-refractivity contribution in [3.8, 4) is 0 Å². The van der Waals surface area contributed by atoms with Gasteiger partial charge < -0.3 is 10.2 Å². The molecule has 0 saturated heterocycles. The van der Waals surface area contributed by atoms with E-state index in [0.29, 0.717) is 12.1 Å². The lowest BCUT2D eigenvalue weighted by Crippen LogP contribution is -2.31. The molecule has 0 aliphatic carbocycles. The second-order valence-electron chi connectivity index (χ2n) is 4.44. The van der Waals surface area contributed by atoms with E-state index < -0.39 is 0 Å². The number of benzene rings is 1. The Morgan fingerprint density at radius 3 is 2.74 bits per heavy atom. The van der Waals surface area contributed by atoms with Gasteiger partial charge in [-0.2, -0.15) is 0 Å². The average molecular weight is 280 g/mol. The van der Waals surface area contributed by atoms with Gasteiger partial charge in [0.25, 0.3) is 5.91 Å². The maximum absolute atomic E-state index is 12.1. The molecule has 0 spiro atoms. The van der Waals surface area contributed by atoms with Crippen molar-refractivity contribution in [3.63, 3.8) is 0 Å². The second-order valence-corrected chi connectivity index (χ2v) is 4.44. The minimum absolute atomic E-state index is 0. The summed E-state index contributed by atoms with van der Waals surface area (Å²) in [6.07, 6.45) is 1.71. The molecule has 0 radical (unpaired) electrons. The SMILES string of the molecule is CN(C)CCNC(=O)c1cccc2cccnc12.Cl. The maximum atomic E-state index is 12.1. The summed E-state index contributed by atoms with van der Waals surface area (Å²) < 4.78 is 0. The highest BCUT2D eigenvalue weighted by atomic mass is 35.5. The number of hydrogen-bond acceptors (Lipinski definition) is 3. The first-order chi connectivity index (χ1) is 8.68. The van der Waals surface area contributed by atoms with Gasteiger partial charge in [0.15, 0.2) is 0 Å². The fourth-order valence-corrected chi connectivity index (χ4v) is 1.78. The van der Waals surface area contributed by atoms with Crippen LogP contribution in [0.5, 0.6) is 0 Å². The number of aromatic nitrogens is 1. The Kier molecular flexibility index (Phi) is 5.73. The molecule has 1 aromatic carbocycles. The molecule has 0 saturated carbocycles. The Morgan fingerprint density at radius 1 is 1.26 bits per heavy atom. The summed E-state index contributed by atoms with van der Waals surface area (Å²) in [7, 11) is 3.96. The first kappa shape index (κ1) is 15.4. The van der Waals surface area contributed by atoms with Crippen molar-refractivity contribution >= 4 is 29.2 Å². The molecule has 1 heterocycles.